The van der Waals surface area contributed by atoms with Crippen LogP contribution in [0.1, 0.15) is 5.56 Å². The number of benzene rings is 1. The second-order valence-corrected chi connectivity index (χ2v) is 6.25. The molecule has 0 aliphatic rings. The van der Waals surface area contributed by atoms with E-state index in [0.717, 1.165) is 11.3 Å². The summed E-state index contributed by atoms with van der Waals surface area (Å²) in [6.07, 6.45) is 3.52. The Labute approximate surface area is 150 Å². The second kappa shape index (κ2) is 10.2. The van der Waals surface area contributed by atoms with Crippen molar-refractivity contribution in [2.24, 2.45) is 0 Å². The van der Waals surface area contributed by atoms with Crippen molar-refractivity contribution in [3.05, 3.63) is 53.3 Å². The van der Waals surface area contributed by atoms with Gasteiger partial charge in [0.1, 0.15) is 6.61 Å². The number of halogens is 1. The van der Waals surface area contributed by atoms with E-state index in [4.69, 9.17) is 21.1 Å². The van der Waals surface area contributed by atoms with Crippen LogP contribution in [0, 0.1) is 0 Å². The molecule has 0 aliphatic carbocycles. The van der Waals surface area contributed by atoms with Gasteiger partial charge >= 0.3 is 0 Å². The van der Waals surface area contributed by atoms with E-state index < -0.39 is 0 Å². The van der Waals surface area contributed by atoms with Crippen molar-refractivity contribution in [1.82, 2.24) is 4.98 Å². The third kappa shape index (κ3) is 6.03. The lowest BCUT2D eigenvalue weighted by atomic mass is 10.3. The number of ether oxygens (including phenoxy) is 2. The van der Waals surface area contributed by atoms with Crippen LogP contribution in [-0.4, -0.2) is 37.0 Å². The minimum Gasteiger partial charge on any atom is -0.487 e. The van der Waals surface area contributed by atoms with Gasteiger partial charge < -0.3 is 14.8 Å². The molecule has 0 saturated carbocycles. The minimum absolute atomic E-state index is 0.109. The van der Waals surface area contributed by atoms with E-state index in [1.165, 1.54) is 11.8 Å². The second-order valence-electron chi connectivity index (χ2n) is 4.86. The van der Waals surface area contributed by atoms with Gasteiger partial charge in [0.15, 0.2) is 5.75 Å². The Kier molecular flexibility index (Phi) is 7.88. The maximum atomic E-state index is 12.1. The van der Waals surface area contributed by atoms with Crippen LogP contribution in [-0.2, 0) is 15.3 Å². The molecule has 2 rings (SSSR count). The highest BCUT2D eigenvalue weighted by molar-refractivity contribution is 7.99. The number of nitrogens with zero attached hydrogens (tertiary/aromatic N) is 1. The monoisotopic (exact) mass is 366 g/mol. The summed E-state index contributed by atoms with van der Waals surface area (Å²) in [6.45, 7) is 0.804. The number of carbonyl (C=O) groups excluding carboxylic acids is 1. The molecule has 0 atom stereocenters. The molecule has 0 aliphatic heterocycles. The minimum atomic E-state index is -0.109. The Balaban J connectivity index is 1.87. The van der Waals surface area contributed by atoms with E-state index in [9.17, 15) is 4.79 Å². The lowest BCUT2D eigenvalue weighted by Gasteiger charge is -2.13. The SMILES string of the molecule is COCCOc1c(Cl)cccc1NC(=O)CSCc1cccnc1. The van der Waals surface area contributed by atoms with Crippen molar-refractivity contribution >= 4 is 35.0 Å². The highest BCUT2D eigenvalue weighted by atomic mass is 35.5. The number of hydrogen-bond donors (Lipinski definition) is 1. The average Bonchev–Trinajstić information content (AvgIpc) is 2.58. The molecule has 1 aromatic heterocycles. The molecule has 128 valence electrons. The van der Waals surface area contributed by atoms with Crippen molar-refractivity contribution in [2.45, 2.75) is 5.75 Å². The van der Waals surface area contributed by atoms with Crippen LogP contribution in [0.4, 0.5) is 5.69 Å². The molecule has 0 bridgehead atoms. The van der Waals surface area contributed by atoms with Crippen LogP contribution in [0.25, 0.3) is 0 Å². The number of pyridine rings is 1. The summed E-state index contributed by atoms with van der Waals surface area (Å²) in [4.78, 5) is 16.2. The highest BCUT2D eigenvalue weighted by Gasteiger charge is 2.11. The first-order valence-corrected chi connectivity index (χ1v) is 8.90. The summed E-state index contributed by atoms with van der Waals surface area (Å²) in [5, 5.41) is 3.29. The fourth-order valence-corrected chi connectivity index (χ4v) is 2.91. The number of rotatable bonds is 9. The number of aromatic nitrogens is 1. The van der Waals surface area contributed by atoms with Gasteiger partial charge in [-0.1, -0.05) is 23.7 Å². The number of para-hydroxylation sites is 1. The maximum absolute atomic E-state index is 12.1. The van der Waals surface area contributed by atoms with Gasteiger partial charge in [0.05, 0.1) is 23.1 Å². The van der Waals surface area contributed by atoms with Crippen LogP contribution < -0.4 is 10.1 Å². The number of methoxy groups -OCH3 is 1. The lowest BCUT2D eigenvalue weighted by molar-refractivity contribution is -0.113. The van der Waals surface area contributed by atoms with E-state index in [1.807, 2.05) is 12.1 Å². The molecule has 5 nitrogen and oxygen atoms in total. The molecular formula is C17H19ClN2O3S. The summed E-state index contributed by atoms with van der Waals surface area (Å²) in [6, 6.07) is 9.11. The van der Waals surface area contributed by atoms with E-state index in [-0.39, 0.29) is 5.91 Å². The van der Waals surface area contributed by atoms with Crippen LogP contribution >= 0.6 is 23.4 Å². The summed E-state index contributed by atoms with van der Waals surface area (Å²) in [7, 11) is 1.60. The quantitative estimate of drug-likeness (QED) is 0.686. The predicted molar refractivity (Wildman–Crippen MR) is 97.9 cm³/mol. The van der Waals surface area contributed by atoms with E-state index in [2.05, 4.69) is 10.3 Å². The first kappa shape index (κ1) is 18.6. The zero-order valence-corrected chi connectivity index (χ0v) is 14.9. The molecule has 0 fully saturated rings. The Morgan fingerprint density at radius 2 is 2.17 bits per heavy atom. The van der Waals surface area contributed by atoms with Crippen LogP contribution in [0.5, 0.6) is 5.75 Å². The molecule has 0 spiro atoms. The van der Waals surface area contributed by atoms with Crippen LogP contribution in [0.3, 0.4) is 0 Å². The van der Waals surface area contributed by atoms with Crippen molar-refractivity contribution in [3.8, 4) is 5.75 Å². The molecule has 7 heteroatoms. The normalized spacial score (nSPS) is 10.4. The molecule has 24 heavy (non-hydrogen) atoms. The Morgan fingerprint density at radius 1 is 1.29 bits per heavy atom. The van der Waals surface area contributed by atoms with Crippen LogP contribution in [0.15, 0.2) is 42.7 Å². The van der Waals surface area contributed by atoms with Gasteiger partial charge in [-0.25, -0.2) is 0 Å². The number of nitrogens with one attached hydrogen (secondary N) is 1. The van der Waals surface area contributed by atoms with Gasteiger partial charge in [0, 0.05) is 25.3 Å². The number of carbonyl (C=O) groups is 1. The molecular weight excluding hydrogens is 348 g/mol. The molecule has 0 unspecified atom stereocenters. The largest absolute Gasteiger partial charge is 0.487 e. The molecule has 0 radical (unpaired) electrons. The van der Waals surface area contributed by atoms with Gasteiger partial charge in [-0.05, 0) is 23.8 Å². The third-order valence-corrected chi connectivity index (χ3v) is 4.30. The molecule has 2 aromatic rings. The highest BCUT2D eigenvalue weighted by Crippen LogP contribution is 2.33. The Hall–Kier alpha value is -1.76. The molecule has 0 saturated heterocycles. The van der Waals surface area contributed by atoms with E-state index in [1.54, 1.807) is 37.7 Å². The van der Waals surface area contributed by atoms with Crippen LogP contribution in [0.2, 0.25) is 5.02 Å². The third-order valence-electron chi connectivity index (χ3n) is 3.00. The molecule has 1 heterocycles. The van der Waals surface area contributed by atoms with Gasteiger partial charge in [-0.3, -0.25) is 9.78 Å². The summed E-state index contributed by atoms with van der Waals surface area (Å²) in [5.41, 5.74) is 1.65. The first-order valence-electron chi connectivity index (χ1n) is 7.37. The van der Waals surface area contributed by atoms with Gasteiger partial charge in [-0.2, -0.15) is 0 Å². The topological polar surface area (TPSA) is 60.5 Å². The van der Waals surface area contributed by atoms with E-state index in [0.29, 0.717) is 35.4 Å². The fourth-order valence-electron chi connectivity index (χ4n) is 1.91. The lowest BCUT2D eigenvalue weighted by Crippen LogP contribution is -2.16. The van der Waals surface area contributed by atoms with Gasteiger partial charge in [-0.15, -0.1) is 11.8 Å². The first-order chi connectivity index (χ1) is 11.7. The smallest absolute Gasteiger partial charge is 0.234 e. The van der Waals surface area contributed by atoms with E-state index >= 15 is 0 Å². The van der Waals surface area contributed by atoms with Crippen molar-refractivity contribution in [2.75, 3.05) is 31.4 Å². The number of hydrogen-bond acceptors (Lipinski definition) is 5. The van der Waals surface area contributed by atoms with Gasteiger partial charge in [0.2, 0.25) is 5.91 Å². The fraction of sp³-hybridized carbons (Fsp3) is 0.294. The number of anilines is 1. The summed E-state index contributed by atoms with van der Waals surface area (Å²) >= 11 is 7.67. The number of amides is 1. The predicted octanol–water partition coefficient (Wildman–Crippen LogP) is 3.63. The molecule has 1 aromatic carbocycles. The zero-order valence-electron chi connectivity index (χ0n) is 13.3. The average molecular weight is 367 g/mol. The molecule has 1 amide bonds. The molecule has 1 N–H and O–H groups in total. The standard InChI is InChI=1S/C17H19ClN2O3S/c1-22-8-9-23-17-14(18)5-2-6-15(17)20-16(21)12-24-11-13-4-3-7-19-10-13/h2-7,10H,8-9,11-12H2,1H3,(H,20,21). The van der Waals surface area contributed by atoms with Crippen molar-refractivity contribution in [1.29, 1.82) is 0 Å². The maximum Gasteiger partial charge on any atom is 0.234 e. The Bertz CT molecular complexity index is 656. The van der Waals surface area contributed by atoms with Crippen molar-refractivity contribution in [3.63, 3.8) is 0 Å². The van der Waals surface area contributed by atoms with Gasteiger partial charge in [0.25, 0.3) is 0 Å². The summed E-state index contributed by atoms with van der Waals surface area (Å²) < 4.78 is 10.6. The van der Waals surface area contributed by atoms with Crippen molar-refractivity contribution < 1.29 is 14.3 Å². The Morgan fingerprint density at radius 3 is 2.92 bits per heavy atom. The summed E-state index contributed by atoms with van der Waals surface area (Å²) in [5.74, 6) is 1.41. The zero-order chi connectivity index (χ0) is 17.2. The number of thioether (sulfide) groups is 1.